The molecule has 136 valence electrons. The zero-order valence-electron chi connectivity index (χ0n) is 15.1. The van der Waals surface area contributed by atoms with Gasteiger partial charge in [0.1, 0.15) is 10.7 Å². The van der Waals surface area contributed by atoms with Crippen molar-refractivity contribution in [3.05, 3.63) is 22.0 Å². The second kappa shape index (κ2) is 8.21. The number of thiophene rings is 1. The largest absolute Gasteiger partial charge is 0.379 e. The van der Waals surface area contributed by atoms with Gasteiger partial charge >= 0.3 is 0 Å². The second-order valence-electron chi connectivity index (χ2n) is 6.41. The molecule has 0 radical (unpaired) electrons. The van der Waals surface area contributed by atoms with Crippen LogP contribution in [0.2, 0.25) is 0 Å². The van der Waals surface area contributed by atoms with Crippen molar-refractivity contribution >= 4 is 27.5 Å². The summed E-state index contributed by atoms with van der Waals surface area (Å²) in [5.41, 5.74) is 1.89. The number of hydrogen-bond donors (Lipinski definition) is 1. The highest BCUT2D eigenvalue weighted by atomic mass is 32.1. The lowest BCUT2D eigenvalue weighted by Gasteiger charge is -2.10. The fraction of sp³-hybridized carbons (Fsp3) is 0.611. The summed E-state index contributed by atoms with van der Waals surface area (Å²) >= 11 is 1.43. The minimum Gasteiger partial charge on any atom is -0.379 e. The molecule has 3 heterocycles. The van der Waals surface area contributed by atoms with Crippen LogP contribution in [0.1, 0.15) is 46.0 Å². The summed E-state index contributed by atoms with van der Waals surface area (Å²) in [4.78, 5) is 22.9. The highest BCUT2D eigenvalue weighted by Crippen LogP contribution is 2.31. The van der Waals surface area contributed by atoms with Crippen LogP contribution in [-0.4, -0.2) is 48.3 Å². The minimum absolute atomic E-state index is 0.0447. The summed E-state index contributed by atoms with van der Waals surface area (Å²) in [6, 6.07) is 0. The Bertz CT molecular complexity index is 754. The number of rotatable bonds is 7. The average Bonchev–Trinajstić information content (AvgIpc) is 3.18. The number of carbonyl (C=O) groups excluding carboxylic acids is 1. The van der Waals surface area contributed by atoms with E-state index in [9.17, 15) is 4.79 Å². The summed E-state index contributed by atoms with van der Waals surface area (Å²) in [6.45, 7) is 8.53. The Morgan fingerprint density at radius 2 is 2.20 bits per heavy atom. The molecule has 1 fully saturated rings. The van der Waals surface area contributed by atoms with Crippen molar-refractivity contribution in [3.63, 3.8) is 0 Å². The number of ether oxygens (including phenoxy) is 2. The maximum Gasteiger partial charge on any atom is 0.261 e. The smallest absolute Gasteiger partial charge is 0.261 e. The molecule has 2 aromatic rings. The van der Waals surface area contributed by atoms with Gasteiger partial charge in [0.05, 0.1) is 17.6 Å². The zero-order chi connectivity index (χ0) is 17.8. The molecule has 3 rings (SSSR count). The molecule has 2 aromatic heterocycles. The molecule has 1 unspecified atom stereocenters. The van der Waals surface area contributed by atoms with Gasteiger partial charge in [0, 0.05) is 30.8 Å². The van der Waals surface area contributed by atoms with E-state index in [-0.39, 0.29) is 12.0 Å². The average molecular weight is 363 g/mol. The van der Waals surface area contributed by atoms with Gasteiger partial charge in [-0.2, -0.15) is 0 Å². The molecule has 1 N–H and O–H groups in total. The van der Waals surface area contributed by atoms with Crippen molar-refractivity contribution in [3.8, 4) is 0 Å². The van der Waals surface area contributed by atoms with Gasteiger partial charge in [-0.05, 0) is 45.6 Å². The topological polar surface area (TPSA) is 73.3 Å². The zero-order valence-corrected chi connectivity index (χ0v) is 15.9. The van der Waals surface area contributed by atoms with Crippen molar-refractivity contribution < 1.29 is 14.3 Å². The normalized spacial score (nSPS) is 17.3. The van der Waals surface area contributed by atoms with Gasteiger partial charge in [-0.3, -0.25) is 4.79 Å². The first kappa shape index (κ1) is 18.2. The van der Waals surface area contributed by atoms with E-state index in [2.05, 4.69) is 15.3 Å². The van der Waals surface area contributed by atoms with E-state index in [0.29, 0.717) is 19.8 Å². The van der Waals surface area contributed by atoms with E-state index in [4.69, 9.17) is 9.47 Å². The third-order valence-corrected chi connectivity index (χ3v) is 5.55. The van der Waals surface area contributed by atoms with Gasteiger partial charge in [0.25, 0.3) is 5.91 Å². The van der Waals surface area contributed by atoms with Crippen LogP contribution in [0.15, 0.2) is 0 Å². The first-order chi connectivity index (χ1) is 12.1. The van der Waals surface area contributed by atoms with Crippen molar-refractivity contribution in [2.75, 3.05) is 26.4 Å². The highest BCUT2D eigenvalue weighted by molar-refractivity contribution is 7.20. The monoisotopic (exact) mass is 363 g/mol. The highest BCUT2D eigenvalue weighted by Gasteiger charge is 2.18. The molecular weight excluding hydrogens is 338 g/mol. The third-order valence-electron chi connectivity index (χ3n) is 4.37. The molecule has 1 amide bonds. The number of carbonyl (C=O) groups is 1. The number of fused-ring (bicyclic) bond motifs is 1. The maximum atomic E-state index is 12.5. The predicted molar refractivity (Wildman–Crippen MR) is 98.4 cm³/mol. The van der Waals surface area contributed by atoms with Crippen molar-refractivity contribution in [2.45, 2.75) is 46.1 Å². The van der Waals surface area contributed by atoms with E-state index < -0.39 is 0 Å². The van der Waals surface area contributed by atoms with E-state index in [1.807, 2.05) is 20.8 Å². The Hall–Kier alpha value is -1.57. The Balaban J connectivity index is 1.49. The van der Waals surface area contributed by atoms with Crippen LogP contribution in [0.25, 0.3) is 10.2 Å². The van der Waals surface area contributed by atoms with Crippen molar-refractivity contribution in [1.82, 2.24) is 15.3 Å². The Morgan fingerprint density at radius 1 is 1.36 bits per heavy atom. The SMILES string of the molecule is Cc1nc(C)c2c(C)c(C(=O)NCCCOCC3CCCO3)sc2n1. The second-order valence-corrected chi connectivity index (χ2v) is 7.41. The van der Waals surface area contributed by atoms with Gasteiger partial charge in [-0.25, -0.2) is 9.97 Å². The first-order valence-electron chi connectivity index (χ1n) is 8.78. The fourth-order valence-corrected chi connectivity index (χ4v) is 4.33. The maximum absolute atomic E-state index is 12.5. The molecule has 0 bridgehead atoms. The third kappa shape index (κ3) is 4.34. The van der Waals surface area contributed by atoms with E-state index in [1.165, 1.54) is 11.3 Å². The van der Waals surface area contributed by atoms with E-state index >= 15 is 0 Å². The molecule has 0 aliphatic carbocycles. The molecule has 7 heteroatoms. The molecule has 0 aromatic carbocycles. The summed E-state index contributed by atoms with van der Waals surface area (Å²) < 4.78 is 11.1. The number of hydrogen-bond acceptors (Lipinski definition) is 6. The van der Waals surface area contributed by atoms with Crippen LogP contribution in [0.5, 0.6) is 0 Å². The molecule has 1 atom stereocenters. The standard InChI is InChI=1S/C18H25N3O3S/c1-11-15-12(2)20-13(3)21-18(15)25-16(11)17(22)19-7-5-8-23-10-14-6-4-9-24-14/h14H,4-10H2,1-3H3,(H,19,22). The predicted octanol–water partition coefficient (Wildman–Crippen LogP) is 2.93. The van der Waals surface area contributed by atoms with Crippen LogP contribution in [-0.2, 0) is 9.47 Å². The van der Waals surface area contributed by atoms with Gasteiger partial charge in [0.15, 0.2) is 0 Å². The van der Waals surface area contributed by atoms with E-state index in [1.54, 1.807) is 0 Å². The Morgan fingerprint density at radius 3 is 2.96 bits per heavy atom. The number of aromatic nitrogens is 2. The lowest BCUT2D eigenvalue weighted by molar-refractivity contribution is 0.0166. The molecule has 6 nitrogen and oxygen atoms in total. The number of amides is 1. The summed E-state index contributed by atoms with van der Waals surface area (Å²) in [6.07, 6.45) is 3.26. The lowest BCUT2D eigenvalue weighted by atomic mass is 10.1. The molecular formula is C18H25N3O3S. The Labute approximate surface area is 152 Å². The van der Waals surface area contributed by atoms with Crippen molar-refractivity contribution in [2.24, 2.45) is 0 Å². The van der Waals surface area contributed by atoms with Gasteiger partial charge in [0.2, 0.25) is 0 Å². The van der Waals surface area contributed by atoms with Crippen LogP contribution in [0.4, 0.5) is 0 Å². The number of nitrogens with one attached hydrogen (secondary N) is 1. The van der Waals surface area contributed by atoms with Gasteiger partial charge in [-0.15, -0.1) is 11.3 Å². The van der Waals surface area contributed by atoms with Crippen LogP contribution < -0.4 is 5.32 Å². The fourth-order valence-electron chi connectivity index (χ4n) is 3.14. The number of nitrogens with zero attached hydrogens (tertiary/aromatic N) is 2. The Kier molecular flexibility index (Phi) is 5.98. The summed E-state index contributed by atoms with van der Waals surface area (Å²) in [5.74, 6) is 0.693. The van der Waals surface area contributed by atoms with Crippen LogP contribution in [0, 0.1) is 20.8 Å². The van der Waals surface area contributed by atoms with Crippen LogP contribution in [0.3, 0.4) is 0 Å². The molecule has 1 saturated heterocycles. The molecule has 1 aliphatic rings. The van der Waals surface area contributed by atoms with Crippen molar-refractivity contribution in [1.29, 1.82) is 0 Å². The molecule has 1 aliphatic heterocycles. The minimum atomic E-state index is -0.0447. The van der Waals surface area contributed by atoms with Gasteiger partial charge in [-0.1, -0.05) is 0 Å². The molecule has 0 spiro atoms. The lowest BCUT2D eigenvalue weighted by Crippen LogP contribution is -2.25. The summed E-state index contributed by atoms with van der Waals surface area (Å²) in [7, 11) is 0. The van der Waals surface area contributed by atoms with E-state index in [0.717, 1.165) is 58.0 Å². The first-order valence-corrected chi connectivity index (χ1v) is 9.60. The molecule has 25 heavy (non-hydrogen) atoms. The summed E-state index contributed by atoms with van der Waals surface area (Å²) in [5, 5.41) is 3.98. The number of aryl methyl sites for hydroxylation is 3. The van der Waals surface area contributed by atoms with Gasteiger partial charge < -0.3 is 14.8 Å². The quantitative estimate of drug-likeness (QED) is 0.766. The molecule has 0 saturated carbocycles. The van der Waals surface area contributed by atoms with Crippen LogP contribution >= 0.6 is 11.3 Å².